The summed E-state index contributed by atoms with van der Waals surface area (Å²) in [6.07, 6.45) is 7.21. The molecular weight excluding hydrogens is 240 g/mol. The second kappa shape index (κ2) is 5.06. The van der Waals surface area contributed by atoms with Crippen molar-refractivity contribution in [3.8, 4) is 0 Å². The monoisotopic (exact) mass is 266 g/mol. The minimum Gasteiger partial charge on any atom is -0.468 e. The summed E-state index contributed by atoms with van der Waals surface area (Å²) in [4.78, 5) is 14.7. The maximum atomic E-state index is 12.0. The number of fused-ring (bicyclic) bond motifs is 1. The number of likely N-dealkylation sites (tertiary alicyclic amines) is 1. The van der Waals surface area contributed by atoms with Gasteiger partial charge in [0.1, 0.15) is 5.54 Å². The van der Waals surface area contributed by atoms with Gasteiger partial charge in [-0.05, 0) is 51.0 Å². The normalized spacial score (nSPS) is 42.5. The van der Waals surface area contributed by atoms with E-state index < -0.39 is 5.54 Å². The van der Waals surface area contributed by atoms with Gasteiger partial charge in [-0.1, -0.05) is 6.42 Å². The highest BCUT2D eigenvalue weighted by atomic mass is 16.5. The molecule has 0 bridgehead atoms. The molecule has 4 atom stereocenters. The van der Waals surface area contributed by atoms with Crippen molar-refractivity contribution in [2.24, 2.45) is 11.8 Å². The van der Waals surface area contributed by atoms with Crippen LogP contribution in [-0.2, 0) is 9.53 Å². The van der Waals surface area contributed by atoms with Gasteiger partial charge >= 0.3 is 5.97 Å². The van der Waals surface area contributed by atoms with Crippen molar-refractivity contribution in [1.29, 1.82) is 0 Å². The van der Waals surface area contributed by atoms with Crippen LogP contribution < -0.4 is 5.32 Å². The first-order valence-corrected chi connectivity index (χ1v) is 7.70. The third-order valence-electron chi connectivity index (χ3n) is 5.81. The number of hydrogen-bond donors (Lipinski definition) is 1. The number of nitrogens with one attached hydrogen (secondary N) is 1. The molecule has 4 heteroatoms. The van der Waals surface area contributed by atoms with E-state index in [1.165, 1.54) is 39.5 Å². The lowest BCUT2D eigenvalue weighted by Gasteiger charge is -2.29. The van der Waals surface area contributed by atoms with Crippen molar-refractivity contribution in [3.63, 3.8) is 0 Å². The van der Waals surface area contributed by atoms with Crippen LogP contribution >= 0.6 is 0 Å². The molecule has 0 aromatic rings. The Balaban J connectivity index is 1.64. The largest absolute Gasteiger partial charge is 0.468 e. The summed E-state index contributed by atoms with van der Waals surface area (Å²) in [6, 6.07) is 0.567. The van der Waals surface area contributed by atoms with Gasteiger partial charge in [-0.2, -0.15) is 0 Å². The third-order valence-corrected chi connectivity index (χ3v) is 5.81. The summed E-state index contributed by atoms with van der Waals surface area (Å²) in [5, 5.41) is 3.23. The van der Waals surface area contributed by atoms with Gasteiger partial charge in [-0.15, -0.1) is 0 Å². The van der Waals surface area contributed by atoms with Gasteiger partial charge in [0.15, 0.2) is 0 Å². The highest BCUT2D eigenvalue weighted by molar-refractivity contribution is 5.81. The summed E-state index contributed by atoms with van der Waals surface area (Å²) in [5.41, 5.74) is -0.433. The summed E-state index contributed by atoms with van der Waals surface area (Å²) >= 11 is 0. The Morgan fingerprint density at radius 1 is 1.26 bits per heavy atom. The molecule has 19 heavy (non-hydrogen) atoms. The molecular formula is C15H26N2O2. The van der Waals surface area contributed by atoms with Crippen molar-refractivity contribution < 1.29 is 9.53 Å². The lowest BCUT2D eigenvalue weighted by atomic mass is 9.97. The summed E-state index contributed by atoms with van der Waals surface area (Å²) in [6.45, 7) is 2.52. The molecule has 2 saturated carbocycles. The molecule has 1 N–H and O–H groups in total. The van der Waals surface area contributed by atoms with E-state index in [9.17, 15) is 4.79 Å². The summed E-state index contributed by atoms with van der Waals surface area (Å²) in [7, 11) is 3.38. The Labute approximate surface area is 115 Å². The zero-order chi connectivity index (χ0) is 13.5. The van der Waals surface area contributed by atoms with Crippen LogP contribution in [0, 0.1) is 11.8 Å². The predicted octanol–water partition coefficient (Wildman–Crippen LogP) is 1.40. The molecule has 108 valence electrons. The number of hydrogen-bond acceptors (Lipinski definition) is 4. The maximum absolute atomic E-state index is 12.0. The van der Waals surface area contributed by atoms with Crippen LogP contribution in [-0.4, -0.2) is 49.7 Å². The molecule has 3 fully saturated rings. The van der Waals surface area contributed by atoms with Crippen molar-refractivity contribution in [1.82, 2.24) is 10.2 Å². The van der Waals surface area contributed by atoms with Crippen molar-refractivity contribution >= 4 is 5.97 Å². The number of methoxy groups -OCH3 is 1. The Bertz CT molecular complexity index is 348. The fourth-order valence-electron chi connectivity index (χ4n) is 4.61. The fourth-order valence-corrected chi connectivity index (χ4v) is 4.61. The maximum Gasteiger partial charge on any atom is 0.326 e. The summed E-state index contributed by atoms with van der Waals surface area (Å²) in [5.74, 6) is 1.78. The molecule has 0 aromatic carbocycles. The van der Waals surface area contributed by atoms with Gasteiger partial charge in [-0.25, -0.2) is 0 Å². The van der Waals surface area contributed by atoms with E-state index >= 15 is 0 Å². The number of likely N-dealkylation sites (N-methyl/N-ethyl adjacent to an activating group) is 1. The quantitative estimate of drug-likeness (QED) is 0.784. The second-order valence-corrected chi connectivity index (χ2v) is 6.63. The smallest absolute Gasteiger partial charge is 0.326 e. The molecule has 4 nitrogen and oxygen atoms in total. The molecule has 3 aliphatic rings. The molecule has 0 amide bonds. The number of rotatable bonds is 3. The first kappa shape index (κ1) is 13.4. The highest BCUT2D eigenvalue weighted by Gasteiger charge is 2.49. The predicted molar refractivity (Wildman–Crippen MR) is 73.8 cm³/mol. The standard InChI is InChI=1S/C15H26N2O2/c1-16-15(14(18)19-2)7-6-13(8-15)17-9-11-4-3-5-12(11)10-17/h11-13,16H,3-10H2,1-2H3. The van der Waals surface area contributed by atoms with Crippen LogP contribution in [0.5, 0.6) is 0 Å². The van der Waals surface area contributed by atoms with E-state index in [1.54, 1.807) is 0 Å². The molecule has 4 unspecified atom stereocenters. The molecule has 1 aliphatic heterocycles. The number of esters is 1. The van der Waals surface area contributed by atoms with Gasteiger partial charge in [0, 0.05) is 19.1 Å². The minimum atomic E-state index is -0.433. The Morgan fingerprint density at radius 3 is 2.53 bits per heavy atom. The van der Waals surface area contributed by atoms with Gasteiger partial charge in [0.25, 0.3) is 0 Å². The van der Waals surface area contributed by atoms with Crippen molar-refractivity contribution in [3.05, 3.63) is 0 Å². The van der Waals surface area contributed by atoms with Crippen LogP contribution in [0.1, 0.15) is 38.5 Å². The van der Waals surface area contributed by atoms with Crippen LogP contribution in [0.3, 0.4) is 0 Å². The topological polar surface area (TPSA) is 41.6 Å². The van der Waals surface area contributed by atoms with Gasteiger partial charge in [0.2, 0.25) is 0 Å². The van der Waals surface area contributed by atoms with Crippen LogP contribution in [0.25, 0.3) is 0 Å². The van der Waals surface area contributed by atoms with E-state index in [4.69, 9.17) is 4.74 Å². The van der Waals surface area contributed by atoms with Crippen molar-refractivity contribution in [2.75, 3.05) is 27.2 Å². The zero-order valence-electron chi connectivity index (χ0n) is 12.2. The highest BCUT2D eigenvalue weighted by Crippen LogP contribution is 2.42. The molecule has 3 rings (SSSR count). The van der Waals surface area contributed by atoms with Crippen LogP contribution in [0.15, 0.2) is 0 Å². The average Bonchev–Trinajstić information content (AvgIpc) is 3.10. The number of carbonyl (C=O) groups excluding carboxylic acids is 1. The molecule has 0 aromatic heterocycles. The van der Waals surface area contributed by atoms with E-state index in [-0.39, 0.29) is 5.97 Å². The minimum absolute atomic E-state index is 0.0862. The number of nitrogens with zero attached hydrogens (tertiary/aromatic N) is 1. The lowest BCUT2D eigenvalue weighted by Crippen LogP contribution is -2.50. The molecule has 1 heterocycles. The first-order valence-electron chi connectivity index (χ1n) is 7.70. The van der Waals surface area contributed by atoms with E-state index in [2.05, 4.69) is 10.2 Å². The first-order chi connectivity index (χ1) is 9.18. The SMILES string of the molecule is CNC1(C(=O)OC)CCC(N2CC3CCCC3C2)C1. The van der Waals surface area contributed by atoms with Crippen LogP contribution in [0.4, 0.5) is 0 Å². The average molecular weight is 266 g/mol. The number of carbonyl (C=O) groups is 1. The molecule has 2 aliphatic carbocycles. The number of ether oxygens (including phenoxy) is 1. The van der Waals surface area contributed by atoms with Crippen molar-refractivity contribution in [2.45, 2.75) is 50.1 Å². The van der Waals surface area contributed by atoms with E-state index in [0.29, 0.717) is 6.04 Å². The lowest BCUT2D eigenvalue weighted by molar-refractivity contribution is -0.148. The third kappa shape index (κ3) is 2.19. The van der Waals surface area contributed by atoms with E-state index in [1.807, 2.05) is 7.05 Å². The van der Waals surface area contributed by atoms with Gasteiger partial charge < -0.3 is 10.1 Å². The molecule has 0 radical (unpaired) electrons. The van der Waals surface area contributed by atoms with Gasteiger partial charge in [-0.3, -0.25) is 9.69 Å². The zero-order valence-corrected chi connectivity index (χ0v) is 12.2. The Morgan fingerprint density at radius 2 is 1.95 bits per heavy atom. The van der Waals surface area contributed by atoms with Crippen LogP contribution in [0.2, 0.25) is 0 Å². The Hall–Kier alpha value is -0.610. The molecule has 0 spiro atoms. The second-order valence-electron chi connectivity index (χ2n) is 6.63. The summed E-state index contributed by atoms with van der Waals surface area (Å²) < 4.78 is 4.99. The fraction of sp³-hybridized carbons (Fsp3) is 0.933. The molecule has 1 saturated heterocycles. The Kier molecular flexibility index (Phi) is 3.56. The van der Waals surface area contributed by atoms with Gasteiger partial charge in [0.05, 0.1) is 7.11 Å². The van der Waals surface area contributed by atoms with E-state index in [0.717, 1.165) is 31.1 Å².